The van der Waals surface area contributed by atoms with Crippen LogP contribution in [0.15, 0.2) is 12.7 Å². The lowest BCUT2D eigenvalue weighted by Crippen LogP contribution is -2.34. The SMILES string of the molecule is [3H]N1CCC(CCC=C)(C(=O)OC)C1. The van der Waals surface area contributed by atoms with E-state index in [2.05, 4.69) is 6.58 Å². The van der Waals surface area contributed by atoms with Crippen molar-refractivity contribution in [3.63, 3.8) is 0 Å². The highest BCUT2D eigenvalue weighted by Crippen LogP contribution is 2.32. The van der Waals surface area contributed by atoms with E-state index < -0.39 is 5.41 Å². The molecule has 74 valence electrons. The van der Waals surface area contributed by atoms with Crippen molar-refractivity contribution in [2.45, 2.75) is 19.3 Å². The minimum atomic E-state index is -0.468. The second-order valence-corrected chi connectivity index (χ2v) is 3.45. The highest BCUT2D eigenvalue weighted by molar-refractivity contribution is 5.77. The van der Waals surface area contributed by atoms with Gasteiger partial charge in [0, 0.05) is 6.54 Å². The van der Waals surface area contributed by atoms with Crippen molar-refractivity contribution in [3.05, 3.63) is 12.7 Å². The van der Waals surface area contributed by atoms with Gasteiger partial charge in [0.05, 0.1) is 12.5 Å². The van der Waals surface area contributed by atoms with Crippen LogP contribution in [0.1, 0.15) is 19.3 Å². The smallest absolute Gasteiger partial charge is 0.313 e. The maximum absolute atomic E-state index is 11.6. The van der Waals surface area contributed by atoms with E-state index in [1.54, 1.807) is 6.08 Å². The molecule has 0 radical (unpaired) electrons. The standard InChI is InChI=1S/C10H17NO2/c1-3-4-5-10(9(12)13-2)6-7-11-8-10/h3,11H,1,4-8H2,2H3/i/hT. The Labute approximate surface area is 80.6 Å². The molecule has 1 aliphatic rings. The van der Waals surface area contributed by atoms with Crippen molar-refractivity contribution in [2.24, 2.45) is 5.41 Å². The first-order valence-corrected chi connectivity index (χ1v) is 4.58. The molecule has 1 unspecified atom stereocenters. The zero-order valence-electron chi connectivity index (χ0n) is 9.08. The molecule has 1 fully saturated rings. The van der Waals surface area contributed by atoms with E-state index in [0.29, 0.717) is 13.1 Å². The number of nitrogens with one attached hydrogen (secondary N) is 1. The maximum atomic E-state index is 11.6. The summed E-state index contributed by atoms with van der Waals surface area (Å²) in [5, 5.41) is 1.43. The predicted octanol–water partition coefficient (Wildman–Crippen LogP) is 1.11. The molecule has 0 saturated carbocycles. The van der Waals surface area contributed by atoms with E-state index in [0.717, 1.165) is 19.3 Å². The van der Waals surface area contributed by atoms with Crippen LogP contribution in [0.4, 0.5) is 0 Å². The number of ether oxygens (including phenoxy) is 1. The molecule has 0 aliphatic carbocycles. The molecule has 1 rings (SSSR count). The van der Waals surface area contributed by atoms with Crippen LogP contribution in [0.3, 0.4) is 0 Å². The molecular formula is C10H17NO2. The Morgan fingerprint density at radius 1 is 1.92 bits per heavy atom. The Hall–Kier alpha value is -0.830. The van der Waals surface area contributed by atoms with Gasteiger partial charge < -0.3 is 10.0 Å². The summed E-state index contributed by atoms with van der Waals surface area (Å²) in [7, 11) is 1.41. The van der Waals surface area contributed by atoms with Gasteiger partial charge >= 0.3 is 5.97 Å². The third-order valence-electron chi connectivity index (χ3n) is 2.61. The van der Waals surface area contributed by atoms with E-state index in [-0.39, 0.29) is 5.97 Å². The number of allylic oxidation sites excluding steroid dienone is 1. The maximum Gasteiger partial charge on any atom is 0.313 e. The van der Waals surface area contributed by atoms with Gasteiger partial charge in [-0.1, -0.05) is 6.08 Å². The summed E-state index contributed by atoms with van der Waals surface area (Å²) in [6, 6.07) is 0. The Morgan fingerprint density at radius 2 is 2.69 bits per heavy atom. The second kappa shape index (κ2) is 4.42. The zero-order chi connectivity index (χ0) is 10.6. The van der Waals surface area contributed by atoms with Crippen LogP contribution in [0.2, 0.25) is 1.41 Å². The highest BCUT2D eigenvalue weighted by atomic mass is 16.5. The second-order valence-electron chi connectivity index (χ2n) is 3.45. The van der Waals surface area contributed by atoms with Gasteiger partial charge in [0.15, 0.2) is 0 Å². The van der Waals surface area contributed by atoms with Gasteiger partial charge in [0.2, 0.25) is 0 Å². The van der Waals surface area contributed by atoms with Crippen LogP contribution in [0.5, 0.6) is 0 Å². The average Bonchev–Trinajstić information content (AvgIpc) is 2.57. The number of esters is 1. The van der Waals surface area contributed by atoms with E-state index in [9.17, 15) is 4.79 Å². The first-order valence-electron chi connectivity index (χ1n) is 5.02. The van der Waals surface area contributed by atoms with Gasteiger partial charge in [-0.15, -0.1) is 6.58 Å². The topological polar surface area (TPSA) is 38.3 Å². The molecule has 1 heterocycles. The first kappa shape index (κ1) is 8.75. The Morgan fingerprint density at radius 3 is 3.15 bits per heavy atom. The molecule has 0 amide bonds. The van der Waals surface area contributed by atoms with E-state index >= 15 is 0 Å². The molecule has 13 heavy (non-hydrogen) atoms. The molecule has 1 N–H and O–H groups in total. The van der Waals surface area contributed by atoms with Crippen LogP contribution in [-0.4, -0.2) is 26.2 Å². The van der Waals surface area contributed by atoms with Gasteiger partial charge in [0.1, 0.15) is 1.41 Å². The molecule has 0 aromatic rings. The van der Waals surface area contributed by atoms with Crippen molar-refractivity contribution in [1.82, 2.24) is 5.31 Å². The fourth-order valence-corrected chi connectivity index (χ4v) is 1.73. The summed E-state index contributed by atoms with van der Waals surface area (Å²) < 4.78 is 12.3. The van der Waals surface area contributed by atoms with Crippen molar-refractivity contribution in [3.8, 4) is 0 Å². The zero-order valence-corrected chi connectivity index (χ0v) is 8.08. The van der Waals surface area contributed by atoms with Gasteiger partial charge in [-0.05, 0) is 25.8 Å². The van der Waals surface area contributed by atoms with Crippen LogP contribution < -0.4 is 5.31 Å². The summed E-state index contributed by atoms with van der Waals surface area (Å²) >= 11 is 0. The number of hydrogen-bond donors (Lipinski definition) is 1. The fraction of sp³-hybridized carbons (Fsp3) is 0.700. The fourth-order valence-electron chi connectivity index (χ4n) is 1.73. The molecule has 1 aliphatic heterocycles. The van der Waals surface area contributed by atoms with Gasteiger partial charge in [-0.25, -0.2) is 0 Å². The lowest BCUT2D eigenvalue weighted by molar-refractivity contribution is -0.152. The van der Waals surface area contributed by atoms with Crippen molar-refractivity contribution in [2.75, 3.05) is 20.2 Å². The van der Waals surface area contributed by atoms with Crippen molar-refractivity contribution < 1.29 is 10.9 Å². The largest absolute Gasteiger partial charge is 0.469 e. The summed E-state index contributed by atoms with van der Waals surface area (Å²) in [5.74, 6) is -0.186. The number of carbonyl (C=O) groups excluding carboxylic acids is 1. The molecule has 3 heteroatoms. The molecule has 0 aromatic carbocycles. The van der Waals surface area contributed by atoms with E-state index in [1.807, 2.05) is 0 Å². The lowest BCUT2D eigenvalue weighted by Gasteiger charge is -2.24. The predicted molar refractivity (Wildman–Crippen MR) is 51.4 cm³/mol. The summed E-state index contributed by atoms with van der Waals surface area (Å²) in [4.78, 5) is 11.6. The quantitative estimate of drug-likeness (QED) is 0.526. The van der Waals surface area contributed by atoms with Crippen LogP contribution in [0.25, 0.3) is 0 Å². The van der Waals surface area contributed by atoms with E-state index in [1.165, 1.54) is 12.4 Å². The number of carbonyl (C=O) groups is 1. The van der Waals surface area contributed by atoms with Crippen molar-refractivity contribution in [1.29, 1.82) is 0 Å². The first-order chi connectivity index (χ1) is 6.64. The van der Waals surface area contributed by atoms with Gasteiger partial charge in [0.25, 0.3) is 0 Å². The summed E-state index contributed by atoms with van der Waals surface area (Å²) in [6.45, 7) is 4.77. The normalized spacial score (nSPS) is 29.8. The molecule has 0 spiro atoms. The molecule has 0 bridgehead atoms. The minimum absolute atomic E-state index is 0.186. The Bertz CT molecular complexity index is 232. The number of rotatable bonds is 4. The summed E-state index contributed by atoms with van der Waals surface area (Å²) in [5.41, 5.74) is -0.468. The number of methoxy groups -OCH3 is 1. The van der Waals surface area contributed by atoms with Gasteiger partial charge in [-0.3, -0.25) is 4.79 Å². The third kappa shape index (κ3) is 2.10. The Balaban J connectivity index is 2.69. The lowest BCUT2D eigenvalue weighted by atomic mass is 9.82. The molecule has 1 atom stereocenters. The minimum Gasteiger partial charge on any atom is -0.469 e. The highest BCUT2D eigenvalue weighted by Gasteiger charge is 2.41. The molecule has 1 saturated heterocycles. The summed E-state index contributed by atoms with van der Waals surface area (Å²) in [6.07, 6.45) is 4.05. The monoisotopic (exact) mass is 185 g/mol. The van der Waals surface area contributed by atoms with Gasteiger partial charge in [-0.2, -0.15) is 0 Å². The van der Waals surface area contributed by atoms with E-state index in [4.69, 9.17) is 6.15 Å². The third-order valence-corrected chi connectivity index (χ3v) is 2.61. The van der Waals surface area contributed by atoms with Crippen molar-refractivity contribution >= 4 is 5.97 Å². The van der Waals surface area contributed by atoms with Crippen LogP contribution >= 0.6 is 0 Å². The molecular weight excluding hydrogens is 166 g/mol. The molecule has 3 nitrogen and oxygen atoms in total. The number of hydrogen-bond acceptors (Lipinski definition) is 3. The van der Waals surface area contributed by atoms with Crippen LogP contribution in [0, 0.1) is 5.41 Å². The average molecular weight is 185 g/mol. The molecule has 0 aromatic heterocycles. The Kier molecular flexibility index (Phi) is 2.98. The van der Waals surface area contributed by atoms with Crippen LogP contribution in [-0.2, 0) is 9.53 Å².